The number of rotatable bonds is 6. The lowest BCUT2D eigenvalue weighted by molar-refractivity contribution is 0.280. The lowest BCUT2D eigenvalue weighted by Crippen LogP contribution is -2.14. The highest BCUT2D eigenvalue weighted by atomic mass is 79.9. The number of fused-ring (bicyclic) bond motifs is 4. The second-order valence-corrected chi connectivity index (χ2v) is 25.7. The Labute approximate surface area is 370 Å². The van der Waals surface area contributed by atoms with Crippen LogP contribution in [0.1, 0.15) is 22.3 Å². The van der Waals surface area contributed by atoms with Gasteiger partial charge in [-0.05, 0) is 87.6 Å². The first-order valence-electron chi connectivity index (χ1n) is 19.3. The fourth-order valence-corrected chi connectivity index (χ4v) is 14.5. The van der Waals surface area contributed by atoms with E-state index in [9.17, 15) is 10.2 Å². The summed E-state index contributed by atoms with van der Waals surface area (Å²) < 4.78 is 0. The molecule has 0 amide bonds. The van der Waals surface area contributed by atoms with Crippen LogP contribution in [0.2, 0.25) is 0 Å². The van der Waals surface area contributed by atoms with Crippen LogP contribution in [-0.2, 0) is 23.9 Å². The van der Waals surface area contributed by atoms with Crippen LogP contribution < -0.4 is 41.5 Å². The number of hydrogen-bond acceptors (Lipinski definition) is 2. The van der Waals surface area contributed by atoms with Crippen molar-refractivity contribution in [2.45, 2.75) is 23.9 Å². The maximum absolute atomic E-state index is 10.2. The summed E-state index contributed by atoms with van der Waals surface area (Å²) in [5.41, 5.74) is 9.80. The van der Waals surface area contributed by atoms with E-state index in [1.165, 1.54) is 107 Å². The lowest BCUT2D eigenvalue weighted by atomic mass is 9.87. The molecule has 0 radical (unpaired) electrons. The van der Waals surface area contributed by atoms with Gasteiger partial charge in [-0.15, -0.1) is 0 Å². The summed E-state index contributed by atoms with van der Waals surface area (Å²) in [6.45, 7) is 0.0216. The van der Waals surface area contributed by atoms with E-state index in [0.29, 0.717) is 0 Å². The van der Waals surface area contributed by atoms with Gasteiger partial charge in [-0.25, -0.2) is 0 Å². The first-order chi connectivity index (χ1) is 26.9. The van der Waals surface area contributed by atoms with E-state index in [2.05, 4.69) is 129 Å². The molecule has 0 saturated heterocycles. The first-order valence-corrected chi connectivity index (χ1v) is 29.6. The molecule has 8 aromatic carbocycles. The standard InChI is InChI=1S/C22H24Br2Si4.C22H26O2Si4/c2*23-9-11-5-19(27)17-7-13(25)1-3-15(17)21(11)22-12(10-24)6-20(28)18-8-14(26)2-4-16(18)22/h1-8H,9-10H2,25-28H3;1-8,23-24H,9-10H2,25-28H3. The van der Waals surface area contributed by atoms with Crippen LogP contribution in [0.4, 0.5) is 0 Å². The molecule has 8 rings (SSSR count). The number of hydrogen-bond donors (Lipinski definition) is 2. The van der Waals surface area contributed by atoms with Crippen molar-refractivity contribution in [1.29, 1.82) is 0 Å². The Morgan fingerprint density at radius 1 is 0.321 bits per heavy atom. The average molecular weight is 995 g/mol. The first kappa shape index (κ1) is 41.6. The molecule has 0 heterocycles. The van der Waals surface area contributed by atoms with Crippen molar-refractivity contribution in [1.82, 2.24) is 0 Å². The van der Waals surface area contributed by atoms with Crippen LogP contribution in [0.25, 0.3) is 65.3 Å². The fraction of sp³-hybridized carbons (Fsp3) is 0.0909. The third-order valence-corrected chi connectivity index (χ3v) is 18.5. The molecule has 0 spiro atoms. The van der Waals surface area contributed by atoms with E-state index in [-0.39, 0.29) is 13.2 Å². The van der Waals surface area contributed by atoms with E-state index < -0.39 is 0 Å². The number of aliphatic hydroxyl groups excluding tert-OH is 2. The topological polar surface area (TPSA) is 40.5 Å². The molecule has 0 unspecified atom stereocenters. The minimum absolute atomic E-state index is 0.0108. The fourth-order valence-electron chi connectivity index (χ4n) is 8.79. The molecule has 0 aliphatic heterocycles. The van der Waals surface area contributed by atoms with E-state index in [0.717, 1.165) is 115 Å². The van der Waals surface area contributed by atoms with Gasteiger partial charge in [0, 0.05) is 92.6 Å². The Bertz CT molecular complexity index is 2470. The van der Waals surface area contributed by atoms with Gasteiger partial charge in [0.25, 0.3) is 0 Å². The number of benzene rings is 8. The Kier molecular flexibility index (Phi) is 12.9. The third-order valence-electron chi connectivity index (χ3n) is 11.5. The normalized spacial score (nSPS) is 11.9. The molecule has 0 bridgehead atoms. The molecule has 0 aliphatic rings. The van der Waals surface area contributed by atoms with Crippen molar-refractivity contribution in [3.63, 3.8) is 0 Å². The highest BCUT2D eigenvalue weighted by Crippen LogP contribution is 2.40. The Balaban J connectivity index is 0.000000172. The summed E-state index contributed by atoms with van der Waals surface area (Å²) in [6, 6.07) is 37.0. The zero-order chi connectivity index (χ0) is 40.0. The maximum Gasteiger partial charge on any atom is 0.0688 e. The predicted octanol–water partition coefficient (Wildman–Crippen LogP) is -3.98. The second-order valence-electron chi connectivity index (χ2n) is 15.7. The van der Waals surface area contributed by atoms with Crippen LogP contribution in [0.3, 0.4) is 0 Å². The molecule has 8 aromatic rings. The summed E-state index contributed by atoms with van der Waals surface area (Å²) in [6.07, 6.45) is 0. The van der Waals surface area contributed by atoms with Crippen LogP contribution in [0.5, 0.6) is 0 Å². The van der Waals surface area contributed by atoms with Crippen LogP contribution in [0, 0.1) is 0 Å². The monoisotopic (exact) mass is 992 g/mol. The molecule has 2 nitrogen and oxygen atoms in total. The van der Waals surface area contributed by atoms with Crippen molar-refractivity contribution in [2.24, 2.45) is 0 Å². The quantitative estimate of drug-likeness (QED) is 0.132. The smallest absolute Gasteiger partial charge is 0.0688 e. The zero-order valence-electron chi connectivity index (χ0n) is 33.7. The largest absolute Gasteiger partial charge is 0.392 e. The van der Waals surface area contributed by atoms with Crippen LogP contribution in [-0.4, -0.2) is 92.2 Å². The van der Waals surface area contributed by atoms with Gasteiger partial charge in [-0.1, -0.05) is 170 Å². The maximum atomic E-state index is 10.2. The summed E-state index contributed by atoms with van der Waals surface area (Å²) in [5.74, 6) is 0. The van der Waals surface area contributed by atoms with Gasteiger partial charge >= 0.3 is 0 Å². The van der Waals surface area contributed by atoms with Gasteiger partial charge in [-0.2, -0.15) is 0 Å². The average Bonchev–Trinajstić information content (AvgIpc) is 3.19. The third kappa shape index (κ3) is 7.80. The van der Waals surface area contributed by atoms with Crippen molar-refractivity contribution >= 4 is 198 Å². The number of halogens is 2. The second kappa shape index (κ2) is 17.3. The van der Waals surface area contributed by atoms with E-state index in [1.54, 1.807) is 0 Å². The summed E-state index contributed by atoms with van der Waals surface area (Å²) in [5, 5.41) is 44.4. The Hall–Kier alpha value is -2.58. The SMILES string of the molecule is OCc1cc([SiH3])c2cc([SiH3])ccc2c1-c1c(CO)cc([SiH3])c2cc([SiH3])ccc12.[SiH3]c1ccc2c(-c3c(CBr)cc([SiH3])c4cc([SiH3])ccc34)c(CBr)cc([SiH3])c2c1. The Morgan fingerprint density at radius 3 is 0.786 bits per heavy atom. The highest BCUT2D eigenvalue weighted by molar-refractivity contribution is 9.08. The minimum Gasteiger partial charge on any atom is -0.392 e. The van der Waals surface area contributed by atoms with Gasteiger partial charge in [-0.3, -0.25) is 0 Å². The van der Waals surface area contributed by atoms with Crippen LogP contribution in [0.15, 0.2) is 97.1 Å². The number of aliphatic hydroxyl groups is 2. The van der Waals surface area contributed by atoms with E-state index >= 15 is 0 Å². The van der Waals surface area contributed by atoms with Crippen molar-refractivity contribution < 1.29 is 10.2 Å². The van der Waals surface area contributed by atoms with Gasteiger partial charge in [0.15, 0.2) is 0 Å². The van der Waals surface area contributed by atoms with Gasteiger partial charge in [0.1, 0.15) is 0 Å². The molecule has 2 N–H and O–H groups in total. The summed E-state index contributed by atoms with van der Waals surface area (Å²) in [4.78, 5) is 0. The molecule has 0 atom stereocenters. The van der Waals surface area contributed by atoms with E-state index in [1.807, 2.05) is 0 Å². The molecular formula is C44H50Br2O2Si8. The summed E-state index contributed by atoms with van der Waals surface area (Å²) in [7, 11) is 8.29. The van der Waals surface area contributed by atoms with Crippen LogP contribution >= 0.6 is 31.9 Å². The highest BCUT2D eigenvalue weighted by Gasteiger charge is 2.20. The molecule has 0 aromatic heterocycles. The summed E-state index contributed by atoms with van der Waals surface area (Å²) >= 11 is 7.60. The minimum atomic E-state index is 0.0108. The molecule has 56 heavy (non-hydrogen) atoms. The zero-order valence-corrected chi connectivity index (χ0v) is 52.9. The van der Waals surface area contributed by atoms with Gasteiger partial charge in [0.05, 0.1) is 13.2 Å². The lowest BCUT2D eigenvalue weighted by Gasteiger charge is -2.21. The molecule has 284 valence electrons. The van der Waals surface area contributed by atoms with Gasteiger partial charge < -0.3 is 10.2 Å². The Morgan fingerprint density at radius 2 is 0.554 bits per heavy atom. The van der Waals surface area contributed by atoms with E-state index in [4.69, 9.17) is 0 Å². The predicted molar refractivity (Wildman–Crippen MR) is 287 cm³/mol. The van der Waals surface area contributed by atoms with Crippen molar-refractivity contribution in [3.05, 3.63) is 119 Å². The molecule has 0 aliphatic carbocycles. The molecular weight excluding hydrogens is 945 g/mol. The number of alkyl halides is 2. The molecule has 0 saturated carbocycles. The van der Waals surface area contributed by atoms with Crippen molar-refractivity contribution in [2.75, 3.05) is 0 Å². The van der Waals surface area contributed by atoms with Crippen molar-refractivity contribution in [3.8, 4) is 22.3 Å². The molecule has 12 heteroatoms. The van der Waals surface area contributed by atoms with Gasteiger partial charge in [0.2, 0.25) is 0 Å². The molecule has 0 fully saturated rings.